The minimum atomic E-state index is 0.377. The summed E-state index contributed by atoms with van der Waals surface area (Å²) >= 11 is 1.77. The van der Waals surface area contributed by atoms with Gasteiger partial charge in [0, 0.05) is 23.7 Å². The van der Waals surface area contributed by atoms with Crippen molar-refractivity contribution < 1.29 is 0 Å². The van der Waals surface area contributed by atoms with E-state index >= 15 is 0 Å². The van der Waals surface area contributed by atoms with Crippen LogP contribution in [-0.4, -0.2) is 21.3 Å². The first-order chi connectivity index (χ1) is 7.24. The van der Waals surface area contributed by atoms with Gasteiger partial charge in [-0.3, -0.25) is 0 Å². The second kappa shape index (κ2) is 4.94. The molecule has 0 bridgehead atoms. The van der Waals surface area contributed by atoms with Crippen LogP contribution < -0.4 is 5.73 Å². The smallest absolute Gasteiger partial charge is 0.187 e. The van der Waals surface area contributed by atoms with Crippen LogP contribution >= 0.6 is 11.8 Å². The Morgan fingerprint density at radius 3 is 2.73 bits per heavy atom. The molecule has 3 nitrogen and oxygen atoms in total. The average Bonchev–Trinajstić information content (AvgIpc) is 2.22. The van der Waals surface area contributed by atoms with Crippen molar-refractivity contribution in [2.24, 2.45) is 5.73 Å². The fraction of sp³-hybridized carbons (Fsp3) is 0.636. The topological polar surface area (TPSA) is 51.8 Å². The maximum absolute atomic E-state index is 5.95. The molecule has 1 aromatic heterocycles. The number of hydrogen-bond donors (Lipinski definition) is 1. The molecule has 2 rings (SSSR count). The number of rotatable bonds is 2. The molecule has 1 fully saturated rings. The minimum Gasteiger partial charge on any atom is -0.328 e. The average molecular weight is 223 g/mol. The third kappa shape index (κ3) is 3.18. The molecule has 2 atom stereocenters. The molecule has 0 saturated heterocycles. The van der Waals surface area contributed by atoms with Crippen molar-refractivity contribution in [2.45, 2.75) is 49.1 Å². The van der Waals surface area contributed by atoms with E-state index in [4.69, 9.17) is 5.73 Å². The monoisotopic (exact) mass is 223 g/mol. The maximum atomic E-state index is 5.95. The van der Waals surface area contributed by atoms with Crippen LogP contribution in [0.1, 0.15) is 31.2 Å². The van der Waals surface area contributed by atoms with Crippen LogP contribution in [0.2, 0.25) is 0 Å². The van der Waals surface area contributed by atoms with Crippen LogP contribution in [-0.2, 0) is 0 Å². The molecule has 15 heavy (non-hydrogen) atoms. The fourth-order valence-corrected chi connectivity index (χ4v) is 3.03. The molecular weight excluding hydrogens is 206 g/mol. The molecule has 0 radical (unpaired) electrons. The Balaban J connectivity index is 1.93. The number of aromatic nitrogens is 2. The van der Waals surface area contributed by atoms with Gasteiger partial charge in [-0.05, 0) is 31.7 Å². The fourth-order valence-electron chi connectivity index (χ4n) is 1.88. The molecule has 1 saturated carbocycles. The summed E-state index contributed by atoms with van der Waals surface area (Å²) in [6, 6.07) is 0.377. The zero-order valence-electron chi connectivity index (χ0n) is 9.02. The molecule has 2 N–H and O–H groups in total. The van der Waals surface area contributed by atoms with Crippen LogP contribution in [0.5, 0.6) is 0 Å². The Hall–Kier alpha value is -0.610. The second-order valence-corrected chi connectivity index (χ2v) is 5.48. The van der Waals surface area contributed by atoms with Crippen LogP contribution in [0.25, 0.3) is 0 Å². The zero-order chi connectivity index (χ0) is 10.7. The van der Waals surface area contributed by atoms with Crippen molar-refractivity contribution >= 4 is 11.8 Å². The lowest BCUT2D eigenvalue weighted by Crippen LogP contribution is -2.29. The molecule has 1 aliphatic rings. The van der Waals surface area contributed by atoms with E-state index in [0.29, 0.717) is 11.3 Å². The highest BCUT2D eigenvalue weighted by molar-refractivity contribution is 7.99. The summed E-state index contributed by atoms with van der Waals surface area (Å²) in [5.74, 6) is 0. The van der Waals surface area contributed by atoms with Gasteiger partial charge in [0.2, 0.25) is 0 Å². The highest BCUT2D eigenvalue weighted by atomic mass is 32.2. The molecule has 0 aliphatic heterocycles. The molecule has 0 amide bonds. The van der Waals surface area contributed by atoms with E-state index in [0.717, 1.165) is 17.1 Å². The van der Waals surface area contributed by atoms with E-state index < -0.39 is 0 Å². The predicted molar refractivity (Wildman–Crippen MR) is 62.9 cm³/mol. The lowest BCUT2D eigenvalue weighted by Gasteiger charge is -2.25. The van der Waals surface area contributed by atoms with Crippen molar-refractivity contribution in [3.8, 4) is 0 Å². The van der Waals surface area contributed by atoms with Crippen LogP contribution in [0.15, 0.2) is 17.6 Å². The first-order valence-corrected chi connectivity index (χ1v) is 6.33. The van der Waals surface area contributed by atoms with Crippen LogP contribution in [0.4, 0.5) is 0 Å². The van der Waals surface area contributed by atoms with Crippen molar-refractivity contribution in [3.63, 3.8) is 0 Å². The Bertz CT molecular complexity index is 312. The van der Waals surface area contributed by atoms with Crippen LogP contribution in [0, 0.1) is 6.92 Å². The zero-order valence-corrected chi connectivity index (χ0v) is 9.83. The van der Waals surface area contributed by atoms with Gasteiger partial charge in [0.1, 0.15) is 0 Å². The van der Waals surface area contributed by atoms with Gasteiger partial charge in [-0.2, -0.15) is 0 Å². The van der Waals surface area contributed by atoms with Gasteiger partial charge in [0.25, 0.3) is 0 Å². The normalized spacial score (nSPS) is 26.5. The standard InChI is InChI=1S/C11H17N3S/c1-8-6-13-11(14-7-8)15-10-4-2-3-9(12)5-10/h6-7,9-10H,2-5,12H2,1H3. The molecule has 82 valence electrons. The molecule has 1 heterocycles. The van der Waals surface area contributed by atoms with E-state index in [1.54, 1.807) is 11.8 Å². The Kier molecular flexibility index (Phi) is 3.59. The summed E-state index contributed by atoms with van der Waals surface area (Å²) in [5, 5.41) is 1.50. The minimum absolute atomic E-state index is 0.377. The molecule has 1 aromatic rings. The lowest BCUT2D eigenvalue weighted by atomic mass is 9.96. The summed E-state index contributed by atoms with van der Waals surface area (Å²) in [7, 11) is 0. The Morgan fingerprint density at radius 2 is 2.07 bits per heavy atom. The van der Waals surface area contributed by atoms with E-state index in [1.165, 1.54) is 19.3 Å². The number of hydrogen-bond acceptors (Lipinski definition) is 4. The van der Waals surface area contributed by atoms with E-state index in [-0.39, 0.29) is 0 Å². The first kappa shape index (κ1) is 10.9. The van der Waals surface area contributed by atoms with Crippen LogP contribution in [0.3, 0.4) is 0 Å². The Morgan fingerprint density at radius 1 is 1.33 bits per heavy atom. The number of aryl methyl sites for hydroxylation is 1. The molecule has 2 unspecified atom stereocenters. The summed E-state index contributed by atoms with van der Waals surface area (Å²) in [4.78, 5) is 8.62. The summed E-state index contributed by atoms with van der Waals surface area (Å²) in [6.45, 7) is 2.00. The van der Waals surface area contributed by atoms with Crippen molar-refractivity contribution in [3.05, 3.63) is 18.0 Å². The second-order valence-electron chi connectivity index (χ2n) is 4.21. The highest BCUT2D eigenvalue weighted by Gasteiger charge is 2.20. The summed E-state index contributed by atoms with van der Waals surface area (Å²) in [6.07, 6.45) is 8.50. The third-order valence-electron chi connectivity index (χ3n) is 2.70. The van der Waals surface area contributed by atoms with Crippen molar-refractivity contribution in [1.82, 2.24) is 9.97 Å². The third-order valence-corrected chi connectivity index (χ3v) is 3.88. The number of thioether (sulfide) groups is 1. The van der Waals surface area contributed by atoms with Gasteiger partial charge in [0.15, 0.2) is 5.16 Å². The Labute approximate surface area is 94.9 Å². The number of nitrogens with zero attached hydrogens (tertiary/aromatic N) is 2. The quantitative estimate of drug-likeness (QED) is 0.780. The highest BCUT2D eigenvalue weighted by Crippen LogP contribution is 2.31. The van der Waals surface area contributed by atoms with E-state index in [2.05, 4.69) is 9.97 Å². The van der Waals surface area contributed by atoms with Gasteiger partial charge in [-0.1, -0.05) is 18.2 Å². The van der Waals surface area contributed by atoms with Gasteiger partial charge in [-0.15, -0.1) is 0 Å². The molecule has 0 aromatic carbocycles. The van der Waals surface area contributed by atoms with E-state index in [1.807, 2.05) is 19.3 Å². The van der Waals surface area contributed by atoms with Crippen molar-refractivity contribution in [2.75, 3.05) is 0 Å². The van der Waals surface area contributed by atoms with Gasteiger partial charge >= 0.3 is 0 Å². The first-order valence-electron chi connectivity index (χ1n) is 5.45. The van der Waals surface area contributed by atoms with Crippen molar-refractivity contribution in [1.29, 1.82) is 0 Å². The number of nitrogens with two attached hydrogens (primary N) is 1. The molecule has 1 aliphatic carbocycles. The SMILES string of the molecule is Cc1cnc(SC2CCCC(N)C2)nc1. The maximum Gasteiger partial charge on any atom is 0.187 e. The molecular formula is C11H17N3S. The summed E-state index contributed by atoms with van der Waals surface area (Å²) in [5.41, 5.74) is 7.06. The molecule has 4 heteroatoms. The van der Waals surface area contributed by atoms with E-state index in [9.17, 15) is 0 Å². The lowest BCUT2D eigenvalue weighted by molar-refractivity contribution is 0.451. The largest absolute Gasteiger partial charge is 0.328 e. The van der Waals surface area contributed by atoms with Gasteiger partial charge < -0.3 is 5.73 Å². The predicted octanol–water partition coefficient (Wildman–Crippen LogP) is 2.15. The molecule has 0 spiro atoms. The van der Waals surface area contributed by atoms with Gasteiger partial charge in [-0.25, -0.2) is 9.97 Å². The van der Waals surface area contributed by atoms with Gasteiger partial charge in [0.05, 0.1) is 0 Å². The summed E-state index contributed by atoms with van der Waals surface area (Å²) < 4.78 is 0.